The van der Waals surface area contributed by atoms with Crippen molar-refractivity contribution in [3.05, 3.63) is 24.3 Å². The summed E-state index contributed by atoms with van der Waals surface area (Å²) in [4.78, 5) is 13.3. The van der Waals surface area contributed by atoms with Crippen molar-refractivity contribution < 1.29 is 89.4 Å². The van der Waals surface area contributed by atoms with E-state index in [9.17, 15) is 61.0 Å². The molecular formula is C71H133NO18. The maximum Gasteiger partial charge on any atom is 0.220 e. The lowest BCUT2D eigenvalue weighted by Crippen LogP contribution is -2.66. The molecule has 3 fully saturated rings. The highest BCUT2D eigenvalue weighted by Crippen LogP contribution is 2.33. The van der Waals surface area contributed by atoms with Crippen LogP contribution in [-0.4, -0.2) is 193 Å². The third-order valence-corrected chi connectivity index (χ3v) is 18.5. The maximum atomic E-state index is 13.3. The van der Waals surface area contributed by atoms with E-state index in [1.54, 1.807) is 6.08 Å². The Bertz CT molecular complexity index is 1730. The first kappa shape index (κ1) is 82.5. The SMILES string of the molecule is CCCCC/C=C\CCCCCCCC(=O)NC(COC1OC(CO)C(OC2OC(CO)C(OC3OC(CO)C(O)C(O)C3O)C(O)C2O)C(O)C1O)C(O)/C=C/CCCCCCCCCCCCCCCCCCCCCCCCCCCCCCCCC. The molecule has 3 rings (SSSR count). The van der Waals surface area contributed by atoms with Gasteiger partial charge in [0.15, 0.2) is 18.9 Å². The Labute approximate surface area is 543 Å². The van der Waals surface area contributed by atoms with Crippen molar-refractivity contribution in [1.29, 1.82) is 0 Å². The summed E-state index contributed by atoms with van der Waals surface area (Å²) in [5, 5.41) is 120. The number of hydrogen-bond acceptors (Lipinski definition) is 18. The molecule has 0 aromatic carbocycles. The van der Waals surface area contributed by atoms with Gasteiger partial charge in [-0.15, -0.1) is 0 Å². The summed E-state index contributed by atoms with van der Waals surface area (Å²) >= 11 is 0. The summed E-state index contributed by atoms with van der Waals surface area (Å²) in [5.74, 6) is -0.283. The van der Waals surface area contributed by atoms with Gasteiger partial charge in [0.25, 0.3) is 0 Å². The van der Waals surface area contributed by atoms with Gasteiger partial charge in [0.1, 0.15) is 73.2 Å². The lowest BCUT2D eigenvalue weighted by Gasteiger charge is -2.48. The lowest BCUT2D eigenvalue weighted by molar-refractivity contribution is -0.379. The van der Waals surface area contributed by atoms with E-state index in [4.69, 9.17) is 28.4 Å². The van der Waals surface area contributed by atoms with Crippen molar-refractivity contribution >= 4 is 5.91 Å². The molecule has 17 atom stereocenters. The molecule has 0 aromatic rings. The number of aliphatic hydroxyl groups is 11. The van der Waals surface area contributed by atoms with Crippen molar-refractivity contribution in [2.75, 3.05) is 26.4 Å². The Balaban J connectivity index is 1.35. The maximum absolute atomic E-state index is 13.3. The Morgan fingerprint density at radius 2 is 0.700 bits per heavy atom. The third-order valence-electron chi connectivity index (χ3n) is 18.5. The number of hydrogen-bond donors (Lipinski definition) is 12. The number of unbranched alkanes of at least 4 members (excludes halogenated alkanes) is 39. The van der Waals surface area contributed by atoms with Crippen LogP contribution >= 0.6 is 0 Å². The Morgan fingerprint density at radius 3 is 1.10 bits per heavy atom. The van der Waals surface area contributed by atoms with Gasteiger partial charge >= 0.3 is 0 Å². The minimum Gasteiger partial charge on any atom is -0.394 e. The highest BCUT2D eigenvalue weighted by molar-refractivity contribution is 5.76. The van der Waals surface area contributed by atoms with Gasteiger partial charge in [0.2, 0.25) is 5.91 Å². The zero-order chi connectivity index (χ0) is 65.4. The number of amides is 1. The average molecular weight is 1290 g/mol. The topological polar surface area (TPSA) is 307 Å². The van der Waals surface area contributed by atoms with Gasteiger partial charge in [-0.3, -0.25) is 4.79 Å². The van der Waals surface area contributed by atoms with Crippen LogP contribution in [0.15, 0.2) is 24.3 Å². The average Bonchev–Trinajstić information content (AvgIpc) is 1.55. The van der Waals surface area contributed by atoms with Crippen LogP contribution in [0.2, 0.25) is 0 Å². The summed E-state index contributed by atoms with van der Waals surface area (Å²) in [7, 11) is 0. The number of rotatable bonds is 57. The van der Waals surface area contributed by atoms with Crippen molar-refractivity contribution in [3.8, 4) is 0 Å². The van der Waals surface area contributed by atoms with Crippen molar-refractivity contribution in [1.82, 2.24) is 5.32 Å². The number of ether oxygens (including phenoxy) is 6. The second-order valence-electron chi connectivity index (χ2n) is 26.4. The van der Waals surface area contributed by atoms with E-state index in [2.05, 4.69) is 31.3 Å². The van der Waals surface area contributed by atoms with E-state index in [0.717, 1.165) is 64.2 Å². The monoisotopic (exact) mass is 1290 g/mol. The number of allylic oxidation sites excluding steroid dienone is 3. The van der Waals surface area contributed by atoms with Gasteiger partial charge in [-0.25, -0.2) is 0 Å². The number of carbonyl (C=O) groups excluding carboxylic acids is 1. The van der Waals surface area contributed by atoms with Crippen molar-refractivity contribution in [2.24, 2.45) is 0 Å². The molecule has 12 N–H and O–H groups in total. The second-order valence-corrected chi connectivity index (χ2v) is 26.4. The summed E-state index contributed by atoms with van der Waals surface area (Å²) in [6.07, 6.45) is 34.8. The van der Waals surface area contributed by atoms with Gasteiger partial charge in [-0.05, 0) is 44.9 Å². The number of aliphatic hydroxyl groups excluding tert-OH is 11. The molecular weight excluding hydrogens is 1150 g/mol. The molecule has 3 saturated heterocycles. The highest BCUT2D eigenvalue weighted by atomic mass is 16.8. The van der Waals surface area contributed by atoms with Crippen LogP contribution in [0.4, 0.5) is 0 Å². The van der Waals surface area contributed by atoms with Crippen LogP contribution in [0, 0.1) is 0 Å². The molecule has 3 aliphatic heterocycles. The molecule has 0 aliphatic carbocycles. The van der Waals surface area contributed by atoms with Crippen LogP contribution in [0.25, 0.3) is 0 Å². The van der Waals surface area contributed by atoms with Gasteiger partial charge in [0.05, 0.1) is 38.6 Å². The quantitative estimate of drug-likeness (QED) is 0.0199. The fourth-order valence-corrected chi connectivity index (χ4v) is 12.5. The van der Waals surface area contributed by atoms with Gasteiger partial charge < -0.3 is 89.9 Å². The van der Waals surface area contributed by atoms with E-state index in [1.165, 1.54) is 199 Å². The molecule has 0 radical (unpaired) electrons. The van der Waals surface area contributed by atoms with Crippen LogP contribution in [0.3, 0.4) is 0 Å². The van der Waals surface area contributed by atoms with Gasteiger partial charge in [0, 0.05) is 6.42 Å². The van der Waals surface area contributed by atoms with E-state index in [1.807, 2.05) is 6.08 Å². The summed E-state index contributed by atoms with van der Waals surface area (Å²) < 4.78 is 34.3. The minimum atomic E-state index is -1.98. The summed E-state index contributed by atoms with van der Waals surface area (Å²) in [6.45, 7) is 1.72. The van der Waals surface area contributed by atoms with E-state index in [-0.39, 0.29) is 18.9 Å². The third kappa shape index (κ3) is 34.8. The highest BCUT2D eigenvalue weighted by Gasteiger charge is 2.53. The first-order valence-corrected chi connectivity index (χ1v) is 36.6. The lowest BCUT2D eigenvalue weighted by atomic mass is 9.96. The molecule has 530 valence electrons. The van der Waals surface area contributed by atoms with Gasteiger partial charge in [-0.2, -0.15) is 0 Å². The Kier molecular flexibility index (Phi) is 49.0. The molecule has 0 saturated carbocycles. The number of carbonyl (C=O) groups is 1. The number of nitrogens with one attached hydrogen (secondary N) is 1. The van der Waals surface area contributed by atoms with E-state index in [0.29, 0.717) is 6.42 Å². The standard InChI is InChI=1S/C71H133NO18/c1-3-5-7-9-11-13-15-17-18-19-20-21-22-23-24-25-26-27-28-29-30-31-32-33-34-35-36-37-38-40-42-44-46-48-55(76)54(72-59(77)49-47-45-43-41-39-16-14-12-10-8-6-4-2)53-85-69-65(83)62(80)67(57(51-74)87-69)90-71-66(84)63(81)68(58(52-75)88-71)89-70-64(82)61(79)60(78)56(50-73)86-70/h12,14,46,48,54-58,60-71,73-76,78-84H,3-11,13,15-45,47,49-53H2,1-2H3,(H,72,77)/b14-12-,48-46+. The first-order valence-electron chi connectivity index (χ1n) is 36.6. The first-order chi connectivity index (χ1) is 43.8. The van der Waals surface area contributed by atoms with Gasteiger partial charge in [-0.1, -0.05) is 263 Å². The predicted octanol–water partition coefficient (Wildman–Crippen LogP) is 10.2. The molecule has 1 amide bonds. The van der Waals surface area contributed by atoms with E-state index >= 15 is 0 Å². The normalized spacial score (nSPS) is 28.1. The second kappa shape index (κ2) is 53.4. The zero-order valence-electron chi connectivity index (χ0n) is 56.1. The van der Waals surface area contributed by atoms with E-state index < -0.39 is 124 Å². The molecule has 19 heteroatoms. The molecule has 0 bridgehead atoms. The minimum absolute atomic E-state index is 0.234. The zero-order valence-corrected chi connectivity index (χ0v) is 56.1. The Hall–Kier alpha value is -1.73. The fourth-order valence-electron chi connectivity index (χ4n) is 12.5. The van der Waals surface area contributed by atoms with Crippen molar-refractivity contribution in [3.63, 3.8) is 0 Å². The van der Waals surface area contributed by atoms with Crippen LogP contribution < -0.4 is 5.32 Å². The largest absolute Gasteiger partial charge is 0.394 e. The molecule has 17 unspecified atom stereocenters. The molecule has 90 heavy (non-hydrogen) atoms. The van der Waals surface area contributed by atoms with Crippen LogP contribution in [0.5, 0.6) is 0 Å². The molecule has 0 spiro atoms. The molecule has 19 nitrogen and oxygen atoms in total. The van der Waals surface area contributed by atoms with Crippen molar-refractivity contribution in [2.45, 2.75) is 394 Å². The predicted molar refractivity (Wildman–Crippen MR) is 351 cm³/mol. The fraction of sp³-hybridized carbons (Fsp3) is 0.930. The van der Waals surface area contributed by atoms with Crippen LogP contribution in [-0.2, 0) is 33.2 Å². The summed E-state index contributed by atoms with van der Waals surface area (Å²) in [6, 6.07) is -0.975. The Morgan fingerprint density at radius 1 is 0.389 bits per heavy atom. The molecule has 3 aliphatic rings. The van der Waals surface area contributed by atoms with Crippen LogP contribution in [0.1, 0.15) is 290 Å². The summed E-state index contributed by atoms with van der Waals surface area (Å²) in [5.41, 5.74) is 0. The smallest absolute Gasteiger partial charge is 0.220 e. The molecule has 0 aromatic heterocycles. The molecule has 3 heterocycles.